The van der Waals surface area contributed by atoms with Gasteiger partial charge in [0.2, 0.25) is 5.71 Å². The molecule has 0 amide bonds. The zero-order valence-corrected chi connectivity index (χ0v) is 10.8. The Morgan fingerprint density at radius 1 is 1.39 bits per heavy atom. The van der Waals surface area contributed by atoms with Gasteiger partial charge in [-0.25, -0.2) is 0 Å². The van der Waals surface area contributed by atoms with Gasteiger partial charge in [-0.2, -0.15) is 4.74 Å². The molecule has 0 radical (unpaired) electrons. The van der Waals surface area contributed by atoms with Crippen molar-refractivity contribution >= 4 is 5.71 Å². The van der Waals surface area contributed by atoms with E-state index in [1.807, 2.05) is 30.3 Å². The maximum absolute atomic E-state index is 12.3. The number of nitrogens with zero attached hydrogens (tertiary/aromatic N) is 2. The second kappa shape index (κ2) is 4.68. The van der Waals surface area contributed by atoms with Gasteiger partial charge in [0.1, 0.15) is 5.54 Å². The molecule has 0 saturated heterocycles. The summed E-state index contributed by atoms with van der Waals surface area (Å²) in [6.45, 7) is 5.73. The average molecular weight is 250 g/mol. The molecule has 18 heavy (non-hydrogen) atoms. The van der Waals surface area contributed by atoms with Crippen LogP contribution in [0.3, 0.4) is 0 Å². The monoisotopic (exact) mass is 250 g/mol. The largest absolute Gasteiger partial charge is 0.620 e. The zero-order chi connectivity index (χ0) is 13.3. The van der Waals surface area contributed by atoms with Crippen LogP contribution in [0.15, 0.2) is 30.3 Å². The number of benzene rings is 1. The topological polar surface area (TPSA) is 58.8 Å². The molecule has 0 saturated carbocycles. The minimum atomic E-state index is -0.986. The molecule has 1 atom stereocenters. The Hall–Kier alpha value is -1.43. The zero-order valence-electron chi connectivity index (χ0n) is 10.8. The predicted octanol–water partition coefficient (Wildman–Crippen LogP) is 1.79. The Bertz CT molecular complexity index is 457. The lowest BCUT2D eigenvalue weighted by Gasteiger charge is -2.24. The van der Waals surface area contributed by atoms with Gasteiger partial charge in [-0.3, -0.25) is 0 Å². The lowest BCUT2D eigenvalue weighted by molar-refractivity contribution is -0.596. The fourth-order valence-electron chi connectivity index (χ4n) is 2.23. The average Bonchev–Trinajstić information content (AvgIpc) is 2.51. The van der Waals surface area contributed by atoms with E-state index in [1.54, 1.807) is 20.8 Å². The van der Waals surface area contributed by atoms with E-state index >= 15 is 0 Å². The van der Waals surface area contributed by atoms with Crippen LogP contribution in [0, 0.1) is 5.21 Å². The van der Waals surface area contributed by atoms with Crippen LogP contribution >= 0.6 is 0 Å². The first-order valence-corrected chi connectivity index (χ1v) is 5.99. The lowest BCUT2D eigenvalue weighted by Crippen LogP contribution is -2.47. The number of rotatable bonds is 3. The maximum Gasteiger partial charge on any atom is 0.355 e. The van der Waals surface area contributed by atoms with E-state index in [-0.39, 0.29) is 0 Å². The third-order valence-corrected chi connectivity index (χ3v) is 3.15. The predicted molar refractivity (Wildman–Crippen MR) is 67.3 cm³/mol. The normalized spacial score (nSPS) is 23.7. The molecule has 98 valence electrons. The van der Waals surface area contributed by atoms with Crippen LogP contribution in [0.25, 0.3) is 0 Å². The van der Waals surface area contributed by atoms with Crippen LogP contribution in [0.5, 0.6) is 0 Å². The Labute approximate surface area is 106 Å². The standard InChI is InChI=1S/C13H18N2O3/c1-4-18-12-14(16)11(13(2,3)15(12)17)10-8-6-5-7-9-10/h5-9,12,17H,4H2,1-3H3. The van der Waals surface area contributed by atoms with Crippen molar-refractivity contribution in [2.75, 3.05) is 6.61 Å². The molecule has 0 fully saturated rings. The SMILES string of the molecule is CCOC1N(O)C(C)(C)C(c2ccccc2)=[N+]1[O-]. The molecule has 0 aromatic heterocycles. The van der Waals surface area contributed by atoms with E-state index < -0.39 is 11.9 Å². The first-order chi connectivity index (χ1) is 8.50. The summed E-state index contributed by atoms with van der Waals surface area (Å²) in [4.78, 5) is 0. The van der Waals surface area contributed by atoms with E-state index in [4.69, 9.17) is 4.74 Å². The minimum Gasteiger partial charge on any atom is -0.620 e. The Morgan fingerprint density at radius 3 is 2.56 bits per heavy atom. The molecule has 5 heteroatoms. The molecule has 1 N–H and O–H groups in total. The van der Waals surface area contributed by atoms with Crippen molar-refractivity contribution < 1.29 is 14.7 Å². The summed E-state index contributed by atoms with van der Waals surface area (Å²) in [5.41, 5.74) is 0.506. The Balaban J connectivity index is 2.49. The van der Waals surface area contributed by atoms with Crippen molar-refractivity contribution in [3.8, 4) is 0 Å². The van der Waals surface area contributed by atoms with Gasteiger partial charge in [0.15, 0.2) is 0 Å². The van der Waals surface area contributed by atoms with Gasteiger partial charge in [-0.05, 0) is 32.9 Å². The van der Waals surface area contributed by atoms with Gasteiger partial charge in [-0.15, -0.1) is 0 Å². The van der Waals surface area contributed by atoms with Crippen LogP contribution in [-0.2, 0) is 4.74 Å². The van der Waals surface area contributed by atoms with Crippen LogP contribution in [0.4, 0.5) is 0 Å². The fraction of sp³-hybridized carbons (Fsp3) is 0.462. The minimum absolute atomic E-state index is 0.360. The molecule has 1 heterocycles. The summed E-state index contributed by atoms with van der Waals surface area (Å²) < 4.78 is 6.02. The highest BCUT2D eigenvalue weighted by Gasteiger charge is 2.52. The first-order valence-electron chi connectivity index (χ1n) is 5.99. The smallest absolute Gasteiger partial charge is 0.355 e. The molecule has 0 spiro atoms. The molecule has 1 aromatic carbocycles. The van der Waals surface area contributed by atoms with Gasteiger partial charge >= 0.3 is 6.35 Å². The van der Waals surface area contributed by atoms with Crippen LogP contribution in [0.1, 0.15) is 26.3 Å². The number of hydroxylamine groups is 3. The molecule has 1 unspecified atom stereocenters. The van der Waals surface area contributed by atoms with Gasteiger partial charge in [0, 0.05) is 5.56 Å². The molecule has 2 rings (SSSR count). The summed E-state index contributed by atoms with van der Waals surface area (Å²) in [7, 11) is 0. The van der Waals surface area contributed by atoms with Crippen molar-refractivity contribution in [3.63, 3.8) is 0 Å². The van der Waals surface area contributed by atoms with E-state index in [1.165, 1.54) is 0 Å². The summed E-state index contributed by atoms with van der Waals surface area (Å²) in [6.07, 6.45) is -0.986. The summed E-state index contributed by atoms with van der Waals surface area (Å²) in [6, 6.07) is 9.32. The van der Waals surface area contributed by atoms with E-state index in [0.29, 0.717) is 12.3 Å². The molecular weight excluding hydrogens is 232 g/mol. The molecular formula is C13H18N2O3. The summed E-state index contributed by atoms with van der Waals surface area (Å²) in [5, 5.41) is 23.3. The van der Waals surface area contributed by atoms with E-state index in [2.05, 4.69) is 0 Å². The van der Waals surface area contributed by atoms with Crippen LogP contribution < -0.4 is 0 Å². The van der Waals surface area contributed by atoms with Crippen molar-refractivity contribution in [3.05, 3.63) is 41.1 Å². The fourth-order valence-corrected chi connectivity index (χ4v) is 2.23. The highest BCUT2D eigenvalue weighted by atomic mass is 16.7. The van der Waals surface area contributed by atoms with E-state index in [9.17, 15) is 10.4 Å². The van der Waals surface area contributed by atoms with Crippen molar-refractivity contribution in [1.29, 1.82) is 0 Å². The molecule has 0 bridgehead atoms. The van der Waals surface area contributed by atoms with Crippen LogP contribution in [-0.4, -0.2) is 39.2 Å². The summed E-state index contributed by atoms with van der Waals surface area (Å²) >= 11 is 0. The second-order valence-electron chi connectivity index (χ2n) is 4.73. The molecule has 1 aliphatic heterocycles. The third kappa shape index (κ3) is 1.90. The van der Waals surface area contributed by atoms with Gasteiger partial charge in [0.05, 0.1) is 6.61 Å². The molecule has 0 aliphatic carbocycles. The van der Waals surface area contributed by atoms with Crippen molar-refractivity contribution in [1.82, 2.24) is 5.06 Å². The molecule has 1 aromatic rings. The quantitative estimate of drug-likeness (QED) is 0.656. The number of hydrogen-bond acceptors (Lipinski definition) is 4. The highest BCUT2D eigenvalue weighted by Crippen LogP contribution is 2.29. The maximum atomic E-state index is 12.3. The molecule has 5 nitrogen and oxygen atoms in total. The van der Waals surface area contributed by atoms with Gasteiger partial charge < -0.3 is 15.2 Å². The molecule has 1 aliphatic rings. The highest BCUT2D eigenvalue weighted by molar-refractivity contribution is 6.04. The third-order valence-electron chi connectivity index (χ3n) is 3.15. The van der Waals surface area contributed by atoms with E-state index in [0.717, 1.165) is 15.4 Å². The number of ether oxygens (including phenoxy) is 1. The van der Waals surface area contributed by atoms with Crippen molar-refractivity contribution in [2.24, 2.45) is 0 Å². The second-order valence-corrected chi connectivity index (χ2v) is 4.73. The van der Waals surface area contributed by atoms with Gasteiger partial charge in [-0.1, -0.05) is 23.3 Å². The van der Waals surface area contributed by atoms with Crippen molar-refractivity contribution in [2.45, 2.75) is 32.7 Å². The lowest BCUT2D eigenvalue weighted by atomic mass is 9.93. The Morgan fingerprint density at radius 2 is 2.00 bits per heavy atom. The van der Waals surface area contributed by atoms with Crippen LogP contribution in [0.2, 0.25) is 0 Å². The number of hydrogen-bond donors (Lipinski definition) is 1. The first kappa shape index (κ1) is 13.0. The Kier molecular flexibility index (Phi) is 3.38. The van der Waals surface area contributed by atoms with Gasteiger partial charge in [0.25, 0.3) is 0 Å². The summed E-state index contributed by atoms with van der Waals surface area (Å²) in [5.74, 6) is 0.